The van der Waals surface area contributed by atoms with E-state index in [-0.39, 0.29) is 16.1 Å². The number of nitrogens with one attached hydrogen (secondary N) is 2. The fraction of sp³-hybridized carbons (Fsp3) is 0.917. The first-order valence-electron chi connectivity index (χ1n) is 12.3. The lowest BCUT2D eigenvalue weighted by Crippen LogP contribution is -1.99. The van der Waals surface area contributed by atoms with Gasteiger partial charge in [-0.3, -0.25) is 0 Å². The molecule has 0 amide bonds. The number of nitrogens with zero attached hydrogens (tertiary/aromatic N) is 2. The summed E-state index contributed by atoms with van der Waals surface area (Å²) in [6, 6.07) is 0. The lowest BCUT2D eigenvalue weighted by molar-refractivity contribution is 0.586. The second-order valence-corrected chi connectivity index (χ2v) is 12.4. The first kappa shape index (κ1) is 31.6. The summed E-state index contributed by atoms with van der Waals surface area (Å²) >= 11 is 0. The molecule has 0 bridgehead atoms. The Morgan fingerprint density at radius 1 is 0.500 bits per heavy atom. The first-order valence-corrected chi connectivity index (χ1v) is 16.3. The molecule has 0 aliphatic rings. The van der Waals surface area contributed by atoms with Crippen LogP contribution in [0.3, 0.4) is 0 Å². The highest BCUT2D eigenvalue weighted by molar-refractivity contribution is 7.55. The summed E-state index contributed by atoms with van der Waals surface area (Å²) in [5, 5.41) is 22.5. The van der Waals surface area contributed by atoms with Crippen LogP contribution in [0.1, 0.15) is 117 Å². The minimum Gasteiger partial charge on any atom is -0.303 e. The van der Waals surface area contributed by atoms with E-state index in [2.05, 4.69) is 37.4 Å². The summed E-state index contributed by atoms with van der Waals surface area (Å²) in [6.07, 6.45) is 28.3. The van der Waals surface area contributed by atoms with E-state index >= 15 is 0 Å². The first-order chi connectivity index (χ1) is 14.6. The van der Waals surface area contributed by atoms with Gasteiger partial charge < -0.3 is 10.2 Å². The van der Waals surface area contributed by atoms with E-state index in [1.807, 2.05) is 12.4 Å². The monoisotopic (exact) mass is 456 g/mol. The number of rotatable bonds is 20. The fourth-order valence-corrected chi connectivity index (χ4v) is 5.21. The second kappa shape index (κ2) is 28.4. The summed E-state index contributed by atoms with van der Waals surface area (Å²) < 4.78 is 0. The number of hydrogen-bond acceptors (Lipinski definition) is 4. The highest BCUT2D eigenvalue weighted by Crippen LogP contribution is 2.26. The van der Waals surface area contributed by atoms with Crippen molar-refractivity contribution in [2.24, 2.45) is 0 Å². The van der Waals surface area contributed by atoms with Gasteiger partial charge in [-0.2, -0.15) is 10.5 Å². The normalized spacial score (nSPS) is 12.1. The zero-order valence-electron chi connectivity index (χ0n) is 20.5. The highest BCUT2D eigenvalue weighted by Gasteiger charge is 1.99. The Bertz CT molecular complexity index is 369. The Morgan fingerprint density at radius 3 is 1.03 bits per heavy atom. The van der Waals surface area contributed by atoms with E-state index in [1.165, 1.54) is 115 Å². The molecule has 0 fully saturated rings. The molecular weight excluding hydrogens is 406 g/mol. The van der Waals surface area contributed by atoms with Crippen molar-refractivity contribution in [1.82, 2.24) is 10.2 Å². The minimum absolute atomic E-state index is 0.222. The van der Waals surface area contributed by atoms with Crippen LogP contribution in [0.4, 0.5) is 0 Å². The molecule has 0 saturated heterocycles. The van der Waals surface area contributed by atoms with Crippen molar-refractivity contribution in [2.75, 3.05) is 25.7 Å². The maximum Gasteiger partial charge on any atom is 0.180 e. The van der Waals surface area contributed by atoms with E-state index < -0.39 is 0 Å². The summed E-state index contributed by atoms with van der Waals surface area (Å²) in [5.74, 6) is 0. The standard InChI is InChI=1S/2C12H25N2P/c2*1-3-4-5-6-7-8-9-10-11-15(2)14-12-13/h2*14H,3-11H2,1-2H3. The Kier molecular flexibility index (Phi) is 30.0. The van der Waals surface area contributed by atoms with Crippen LogP contribution in [0.2, 0.25) is 0 Å². The topological polar surface area (TPSA) is 71.6 Å². The average molecular weight is 457 g/mol. The van der Waals surface area contributed by atoms with Crippen molar-refractivity contribution in [2.45, 2.75) is 117 Å². The quantitative estimate of drug-likeness (QED) is 0.0834. The third-order valence-electron chi connectivity index (χ3n) is 5.18. The number of unbranched alkanes of at least 4 members (excludes halogenated alkanes) is 14. The molecule has 30 heavy (non-hydrogen) atoms. The van der Waals surface area contributed by atoms with E-state index in [0.29, 0.717) is 0 Å². The molecule has 2 unspecified atom stereocenters. The van der Waals surface area contributed by atoms with E-state index in [4.69, 9.17) is 10.5 Å². The molecule has 2 atom stereocenters. The molecule has 0 spiro atoms. The van der Waals surface area contributed by atoms with Gasteiger partial charge in [0.2, 0.25) is 0 Å². The highest BCUT2D eigenvalue weighted by atomic mass is 31.1. The summed E-state index contributed by atoms with van der Waals surface area (Å²) in [5.41, 5.74) is 0. The Labute approximate surface area is 191 Å². The van der Waals surface area contributed by atoms with Crippen LogP contribution in [-0.4, -0.2) is 25.7 Å². The molecule has 0 aliphatic carbocycles. The van der Waals surface area contributed by atoms with Crippen molar-refractivity contribution in [3.05, 3.63) is 0 Å². The van der Waals surface area contributed by atoms with Crippen LogP contribution in [-0.2, 0) is 0 Å². The van der Waals surface area contributed by atoms with Gasteiger partial charge in [0.1, 0.15) is 0 Å². The summed E-state index contributed by atoms with van der Waals surface area (Å²) in [7, 11) is -0.444. The molecule has 4 nitrogen and oxygen atoms in total. The Balaban J connectivity index is 0. The fourth-order valence-electron chi connectivity index (χ4n) is 3.25. The van der Waals surface area contributed by atoms with Crippen molar-refractivity contribution in [1.29, 1.82) is 10.5 Å². The molecule has 0 aliphatic heterocycles. The van der Waals surface area contributed by atoms with E-state index in [0.717, 1.165) is 0 Å². The van der Waals surface area contributed by atoms with Crippen molar-refractivity contribution < 1.29 is 0 Å². The van der Waals surface area contributed by atoms with Gasteiger partial charge in [-0.25, -0.2) is 0 Å². The van der Waals surface area contributed by atoms with Gasteiger partial charge in [-0.05, 0) is 54.6 Å². The van der Waals surface area contributed by atoms with Crippen molar-refractivity contribution >= 4 is 16.1 Å². The van der Waals surface area contributed by atoms with Gasteiger partial charge in [-0.1, -0.05) is 104 Å². The van der Waals surface area contributed by atoms with Gasteiger partial charge in [0.15, 0.2) is 12.4 Å². The van der Waals surface area contributed by atoms with E-state index in [1.54, 1.807) is 0 Å². The minimum atomic E-state index is -0.222. The average Bonchev–Trinajstić information content (AvgIpc) is 2.73. The lowest BCUT2D eigenvalue weighted by atomic mass is 10.1. The number of hydrogen-bond donors (Lipinski definition) is 2. The van der Waals surface area contributed by atoms with Crippen LogP contribution in [0.15, 0.2) is 0 Å². The molecule has 0 saturated carbocycles. The zero-order chi connectivity index (χ0) is 22.7. The molecule has 0 heterocycles. The lowest BCUT2D eigenvalue weighted by Gasteiger charge is -2.08. The molecule has 6 heteroatoms. The van der Waals surface area contributed by atoms with Gasteiger partial charge >= 0.3 is 0 Å². The van der Waals surface area contributed by atoms with Crippen molar-refractivity contribution in [3.63, 3.8) is 0 Å². The van der Waals surface area contributed by atoms with Gasteiger partial charge in [0, 0.05) is 0 Å². The van der Waals surface area contributed by atoms with Crippen LogP contribution in [0.25, 0.3) is 0 Å². The maximum absolute atomic E-state index is 8.41. The van der Waals surface area contributed by atoms with Gasteiger partial charge in [-0.15, -0.1) is 0 Å². The smallest absolute Gasteiger partial charge is 0.180 e. The zero-order valence-corrected chi connectivity index (χ0v) is 22.3. The second-order valence-electron chi connectivity index (χ2n) is 8.24. The number of nitriles is 2. The van der Waals surface area contributed by atoms with Gasteiger partial charge in [0.05, 0.1) is 0 Å². The Hall–Kier alpha value is -0.560. The van der Waals surface area contributed by atoms with Crippen LogP contribution in [0.5, 0.6) is 0 Å². The molecule has 0 aromatic rings. The molecular formula is C24H50N4P2. The largest absolute Gasteiger partial charge is 0.303 e. The van der Waals surface area contributed by atoms with Crippen LogP contribution >= 0.6 is 16.1 Å². The molecule has 0 aromatic heterocycles. The third kappa shape index (κ3) is 29.6. The molecule has 0 radical (unpaired) electrons. The molecule has 0 aromatic carbocycles. The Morgan fingerprint density at radius 2 is 0.767 bits per heavy atom. The van der Waals surface area contributed by atoms with Crippen molar-refractivity contribution in [3.8, 4) is 12.4 Å². The predicted octanol–water partition coefficient (Wildman–Crippen LogP) is 8.45. The molecule has 2 N–H and O–H groups in total. The van der Waals surface area contributed by atoms with Gasteiger partial charge in [0.25, 0.3) is 0 Å². The maximum atomic E-state index is 8.41. The van der Waals surface area contributed by atoms with E-state index in [9.17, 15) is 0 Å². The van der Waals surface area contributed by atoms with Crippen LogP contribution < -0.4 is 10.2 Å². The molecule has 176 valence electrons. The molecule has 0 rings (SSSR count). The predicted molar refractivity (Wildman–Crippen MR) is 138 cm³/mol. The summed E-state index contributed by atoms with van der Waals surface area (Å²) in [4.78, 5) is 0. The third-order valence-corrected chi connectivity index (χ3v) is 8.11. The summed E-state index contributed by atoms with van der Waals surface area (Å²) in [6.45, 7) is 8.79. The SMILES string of the molecule is CCCCCCCCCCP(C)NC#N.CCCCCCCCCCP(C)NC#N. The van der Waals surface area contributed by atoms with Crippen LogP contribution in [0, 0.1) is 22.9 Å².